The van der Waals surface area contributed by atoms with Gasteiger partial charge in [-0.25, -0.2) is 0 Å². The number of rotatable bonds is 8. The lowest BCUT2D eigenvalue weighted by atomic mass is 9.98. The minimum atomic E-state index is -1.27. The molecule has 0 amide bonds. The summed E-state index contributed by atoms with van der Waals surface area (Å²) in [7, 11) is 5.48. The first-order chi connectivity index (χ1) is 13.3. The second-order valence-electron chi connectivity index (χ2n) is 5.66. The van der Waals surface area contributed by atoms with Crippen molar-refractivity contribution in [1.29, 1.82) is 0 Å². The molecule has 152 valence electrons. The Balaban J connectivity index is 2.53. The molecule has 0 saturated carbocycles. The Bertz CT molecular complexity index is 750. The summed E-state index contributed by atoms with van der Waals surface area (Å²) in [5.41, 5.74) is 0.439. The minimum Gasteiger partial charge on any atom is -0.508 e. The Morgan fingerprint density at radius 2 is 0.964 bits per heavy atom. The van der Waals surface area contributed by atoms with Gasteiger partial charge in [0, 0.05) is 24.3 Å². The monoisotopic (exact) mass is 430 g/mol. The average molecular weight is 431 g/mol. The zero-order chi connectivity index (χ0) is 21.0. The smallest absolute Gasteiger partial charge is 0.177 e. The third-order valence-corrected chi connectivity index (χ3v) is 4.93. The summed E-state index contributed by atoms with van der Waals surface area (Å²) in [5, 5.41) is 17.0. The molecule has 7 nitrogen and oxygen atoms in total. The maximum Gasteiger partial charge on any atom is 0.177 e. The lowest BCUT2D eigenvalue weighted by Crippen LogP contribution is -2.16. The van der Waals surface area contributed by atoms with Crippen LogP contribution in [0.25, 0.3) is 0 Å². The van der Waals surface area contributed by atoms with Gasteiger partial charge in [0.1, 0.15) is 45.3 Å². The lowest BCUT2D eigenvalue weighted by Gasteiger charge is -2.21. The summed E-state index contributed by atoms with van der Waals surface area (Å²) in [6.07, 6.45) is 0. The Kier molecular flexibility index (Phi) is 7.10. The van der Waals surface area contributed by atoms with Gasteiger partial charge < -0.3 is 29.2 Å². The molecule has 0 spiro atoms. The van der Waals surface area contributed by atoms with Crippen LogP contribution in [0.4, 0.5) is 0 Å². The van der Waals surface area contributed by atoms with Crippen molar-refractivity contribution in [3.63, 3.8) is 0 Å². The number of hydrogen-bond acceptors (Lipinski definition) is 7. The molecule has 0 aromatic heterocycles. The molecule has 0 heterocycles. The van der Waals surface area contributed by atoms with Gasteiger partial charge >= 0.3 is 0 Å². The van der Waals surface area contributed by atoms with Gasteiger partial charge in [-0.3, -0.25) is 4.79 Å². The van der Waals surface area contributed by atoms with Gasteiger partial charge in [0.2, 0.25) is 0 Å². The number of halogens is 2. The lowest BCUT2D eigenvalue weighted by molar-refractivity contribution is -0.118. The number of carbonyl (C=O) groups is 1. The Labute approximate surface area is 172 Å². The molecule has 2 unspecified atom stereocenters. The Hall–Kier alpha value is -2.51. The third-order valence-electron chi connectivity index (χ3n) is 4.06. The van der Waals surface area contributed by atoms with Crippen LogP contribution in [0.1, 0.15) is 21.9 Å². The highest BCUT2D eigenvalue weighted by Crippen LogP contribution is 2.47. The van der Waals surface area contributed by atoms with Crippen molar-refractivity contribution in [1.82, 2.24) is 0 Å². The van der Waals surface area contributed by atoms with Gasteiger partial charge in [-0.2, -0.15) is 0 Å². The maximum absolute atomic E-state index is 13.1. The molecular formula is C19H20Cl2O7. The van der Waals surface area contributed by atoms with Crippen LogP contribution in [0.15, 0.2) is 24.3 Å². The molecule has 0 fully saturated rings. The molecule has 28 heavy (non-hydrogen) atoms. The summed E-state index contributed by atoms with van der Waals surface area (Å²) in [5.74, 6) is -0.168. The highest BCUT2D eigenvalue weighted by Gasteiger charge is 2.34. The number of hydrogen-bond donors (Lipinski definition) is 2. The molecular weight excluding hydrogens is 411 g/mol. The van der Waals surface area contributed by atoms with E-state index in [1.54, 1.807) is 0 Å². The van der Waals surface area contributed by atoms with Crippen molar-refractivity contribution in [2.24, 2.45) is 0 Å². The van der Waals surface area contributed by atoms with Crippen molar-refractivity contribution >= 4 is 29.0 Å². The number of Topliss-reactive ketones (excluding diaryl/α,β-unsaturated/α-hetero) is 1. The molecule has 0 saturated heterocycles. The topological polar surface area (TPSA) is 94.5 Å². The van der Waals surface area contributed by atoms with E-state index < -0.39 is 16.5 Å². The first kappa shape index (κ1) is 21.8. The van der Waals surface area contributed by atoms with Crippen LogP contribution in [-0.2, 0) is 4.79 Å². The Morgan fingerprint density at radius 1 is 0.714 bits per heavy atom. The molecule has 9 heteroatoms. The summed E-state index contributed by atoms with van der Waals surface area (Å²) in [6.45, 7) is 0. The molecule has 2 atom stereocenters. The number of ketones is 1. The number of ether oxygens (including phenoxy) is 4. The number of carbonyl (C=O) groups excluding carboxylic acids is 1. The van der Waals surface area contributed by atoms with Crippen LogP contribution in [0.5, 0.6) is 34.5 Å². The predicted molar refractivity (Wildman–Crippen MR) is 105 cm³/mol. The van der Waals surface area contributed by atoms with Crippen molar-refractivity contribution in [2.45, 2.75) is 10.8 Å². The zero-order valence-electron chi connectivity index (χ0n) is 15.7. The number of alkyl halides is 2. The normalized spacial score (nSPS) is 12.8. The number of phenolic OH excluding ortho intramolecular Hbond substituents is 2. The number of phenols is 2. The second-order valence-corrected chi connectivity index (χ2v) is 6.53. The van der Waals surface area contributed by atoms with E-state index in [-0.39, 0.29) is 45.6 Å². The van der Waals surface area contributed by atoms with Crippen LogP contribution < -0.4 is 18.9 Å². The summed E-state index contributed by atoms with van der Waals surface area (Å²) in [6, 6.07) is 5.24. The van der Waals surface area contributed by atoms with Crippen LogP contribution in [0.2, 0.25) is 0 Å². The van der Waals surface area contributed by atoms with Crippen LogP contribution in [0.3, 0.4) is 0 Å². The van der Waals surface area contributed by atoms with E-state index in [0.29, 0.717) is 0 Å². The molecule has 2 aromatic carbocycles. The van der Waals surface area contributed by atoms with E-state index in [2.05, 4.69) is 0 Å². The average Bonchev–Trinajstić information content (AvgIpc) is 2.70. The van der Waals surface area contributed by atoms with Gasteiger partial charge in [0.05, 0.1) is 39.6 Å². The summed E-state index contributed by atoms with van der Waals surface area (Å²) >= 11 is 12.9. The van der Waals surface area contributed by atoms with Crippen LogP contribution in [-0.4, -0.2) is 44.4 Å². The molecule has 0 aliphatic heterocycles. The fraction of sp³-hybridized carbons (Fsp3) is 0.316. The van der Waals surface area contributed by atoms with Crippen LogP contribution >= 0.6 is 23.2 Å². The molecule has 0 aliphatic rings. The summed E-state index contributed by atoms with van der Waals surface area (Å²) in [4.78, 5) is 13.1. The van der Waals surface area contributed by atoms with Crippen molar-refractivity contribution in [2.75, 3.05) is 28.4 Å². The van der Waals surface area contributed by atoms with Gasteiger partial charge in [0.15, 0.2) is 5.78 Å². The van der Waals surface area contributed by atoms with E-state index in [4.69, 9.17) is 42.1 Å². The van der Waals surface area contributed by atoms with Gasteiger partial charge in [-0.15, -0.1) is 23.2 Å². The van der Waals surface area contributed by atoms with E-state index in [1.807, 2.05) is 0 Å². The van der Waals surface area contributed by atoms with Crippen molar-refractivity contribution in [3.05, 3.63) is 35.4 Å². The molecule has 0 bridgehead atoms. The second kappa shape index (κ2) is 9.12. The zero-order valence-corrected chi connectivity index (χ0v) is 17.2. The molecule has 2 N–H and O–H groups in total. The SMILES string of the molecule is COc1cc(O)cc(OC)c1C(Cl)C(=O)C(Cl)c1c(OC)cc(O)cc1OC. The van der Waals surface area contributed by atoms with E-state index in [9.17, 15) is 15.0 Å². The standard InChI is InChI=1S/C19H20Cl2O7/c1-25-11-5-9(22)6-12(26-2)15(11)17(20)19(24)18(21)16-13(27-3)7-10(23)8-14(16)28-4/h5-8,17-18,22-23H,1-4H3. The first-order valence-electron chi connectivity index (χ1n) is 8.00. The molecule has 0 radical (unpaired) electrons. The van der Waals surface area contributed by atoms with Crippen LogP contribution in [0, 0.1) is 0 Å². The fourth-order valence-corrected chi connectivity index (χ4v) is 3.51. The van der Waals surface area contributed by atoms with Gasteiger partial charge in [-0.05, 0) is 0 Å². The summed E-state index contributed by atoms with van der Waals surface area (Å²) < 4.78 is 20.9. The number of aromatic hydroxyl groups is 2. The molecule has 2 rings (SSSR count). The van der Waals surface area contributed by atoms with E-state index in [0.717, 1.165) is 0 Å². The van der Waals surface area contributed by atoms with Crippen molar-refractivity contribution in [3.8, 4) is 34.5 Å². The molecule has 2 aromatic rings. The van der Waals surface area contributed by atoms with Gasteiger partial charge in [-0.1, -0.05) is 0 Å². The largest absolute Gasteiger partial charge is 0.508 e. The third kappa shape index (κ3) is 4.15. The van der Waals surface area contributed by atoms with E-state index >= 15 is 0 Å². The van der Waals surface area contributed by atoms with Gasteiger partial charge in [0.25, 0.3) is 0 Å². The van der Waals surface area contributed by atoms with E-state index in [1.165, 1.54) is 52.7 Å². The minimum absolute atomic E-state index is 0.113. The Morgan fingerprint density at radius 3 is 1.18 bits per heavy atom. The maximum atomic E-state index is 13.1. The highest BCUT2D eigenvalue weighted by molar-refractivity contribution is 6.40. The number of methoxy groups -OCH3 is 4. The fourth-order valence-electron chi connectivity index (χ4n) is 2.76. The first-order valence-corrected chi connectivity index (χ1v) is 8.87. The quantitative estimate of drug-likeness (QED) is 0.611. The highest BCUT2D eigenvalue weighted by atomic mass is 35.5. The molecule has 0 aliphatic carbocycles. The predicted octanol–water partition coefficient (Wildman–Crippen LogP) is 3.96. The number of benzene rings is 2. The van der Waals surface area contributed by atoms with Crippen molar-refractivity contribution < 1.29 is 34.0 Å².